The molecule has 7 heteroatoms. The molecule has 0 aromatic carbocycles. The zero-order chi connectivity index (χ0) is 16.4. The summed E-state index contributed by atoms with van der Waals surface area (Å²) in [4.78, 5) is 9.32. The van der Waals surface area contributed by atoms with Crippen LogP contribution in [-0.2, 0) is 26.7 Å². The predicted octanol–water partition coefficient (Wildman–Crippen LogP) is 1.05. The Bertz CT molecular complexity index is 645. The normalized spacial score (nSPS) is 19.1. The van der Waals surface area contributed by atoms with Crippen molar-refractivity contribution in [2.45, 2.75) is 45.9 Å². The molecule has 0 spiro atoms. The Kier molecular flexibility index (Phi) is 4.77. The van der Waals surface area contributed by atoms with Gasteiger partial charge in [-0.25, -0.2) is 4.98 Å². The number of aromatic nitrogens is 5. The van der Waals surface area contributed by atoms with E-state index >= 15 is 0 Å². The van der Waals surface area contributed by atoms with Crippen LogP contribution in [0.2, 0.25) is 0 Å². The van der Waals surface area contributed by atoms with Gasteiger partial charge in [-0.2, -0.15) is 0 Å². The van der Waals surface area contributed by atoms with Gasteiger partial charge in [0.05, 0.1) is 13.1 Å². The minimum absolute atomic E-state index is 0.567. The molecule has 2 aromatic rings. The summed E-state index contributed by atoms with van der Waals surface area (Å²) in [5.41, 5.74) is 0. The minimum atomic E-state index is 0.567. The largest absolute Gasteiger partial charge is 0.337 e. The molecule has 1 saturated heterocycles. The lowest BCUT2D eigenvalue weighted by Gasteiger charge is -2.24. The number of hydrogen-bond acceptors (Lipinski definition) is 5. The van der Waals surface area contributed by atoms with Gasteiger partial charge in [-0.15, -0.1) is 10.2 Å². The van der Waals surface area contributed by atoms with Gasteiger partial charge in [-0.1, -0.05) is 0 Å². The highest BCUT2D eigenvalue weighted by Crippen LogP contribution is 2.18. The average molecular weight is 317 g/mol. The third-order valence-corrected chi connectivity index (χ3v) is 4.88. The van der Waals surface area contributed by atoms with Crippen LogP contribution in [0.1, 0.15) is 30.8 Å². The second-order valence-corrected chi connectivity index (χ2v) is 6.45. The van der Waals surface area contributed by atoms with E-state index in [2.05, 4.69) is 55.1 Å². The highest BCUT2D eigenvalue weighted by atomic mass is 15.3. The van der Waals surface area contributed by atoms with Crippen molar-refractivity contribution in [2.75, 3.05) is 20.1 Å². The molecule has 126 valence electrons. The van der Waals surface area contributed by atoms with Crippen LogP contribution in [0, 0.1) is 6.92 Å². The van der Waals surface area contributed by atoms with E-state index in [1.807, 2.05) is 19.3 Å². The highest BCUT2D eigenvalue weighted by Gasteiger charge is 2.27. The number of hydrogen-bond donors (Lipinski definition) is 0. The van der Waals surface area contributed by atoms with Gasteiger partial charge in [0.25, 0.3) is 0 Å². The number of rotatable bonds is 6. The van der Waals surface area contributed by atoms with Crippen LogP contribution in [0.3, 0.4) is 0 Å². The van der Waals surface area contributed by atoms with Crippen LogP contribution in [0.25, 0.3) is 0 Å². The Hall–Kier alpha value is -1.73. The summed E-state index contributed by atoms with van der Waals surface area (Å²) in [6.45, 7) is 9.09. The monoisotopic (exact) mass is 317 g/mol. The molecule has 2 aromatic heterocycles. The molecular weight excluding hydrogens is 290 g/mol. The standard InChI is InChI=1S/C16H27N7/c1-5-23-13(2)18-19-16(23)11-21(4)14-6-8-22(10-14)12-15-17-7-9-20(15)3/h7,9,14H,5-6,8,10-12H2,1-4H3/t14-/m0/s1. The molecule has 0 N–H and O–H groups in total. The SMILES string of the molecule is CCn1c(C)nnc1CN(C)[C@H]1CCN(Cc2nccn2C)C1. The Labute approximate surface area is 137 Å². The van der Waals surface area contributed by atoms with Crippen LogP contribution in [0.15, 0.2) is 12.4 Å². The van der Waals surface area contributed by atoms with Gasteiger partial charge >= 0.3 is 0 Å². The molecule has 23 heavy (non-hydrogen) atoms. The molecule has 1 aliphatic heterocycles. The van der Waals surface area contributed by atoms with E-state index in [0.717, 1.165) is 50.2 Å². The summed E-state index contributed by atoms with van der Waals surface area (Å²) in [7, 11) is 4.25. The molecule has 0 amide bonds. The van der Waals surface area contributed by atoms with E-state index < -0.39 is 0 Å². The summed E-state index contributed by atoms with van der Waals surface area (Å²) >= 11 is 0. The lowest BCUT2D eigenvalue weighted by atomic mass is 10.2. The summed E-state index contributed by atoms with van der Waals surface area (Å²) in [5.74, 6) is 3.20. The molecule has 0 saturated carbocycles. The van der Waals surface area contributed by atoms with Crippen LogP contribution >= 0.6 is 0 Å². The maximum Gasteiger partial charge on any atom is 0.147 e. The Morgan fingerprint density at radius 1 is 1.30 bits per heavy atom. The summed E-state index contributed by atoms with van der Waals surface area (Å²) in [6, 6.07) is 0.567. The average Bonchev–Trinajstić information content (AvgIpc) is 3.22. The minimum Gasteiger partial charge on any atom is -0.337 e. The third-order valence-electron chi connectivity index (χ3n) is 4.88. The van der Waals surface area contributed by atoms with E-state index in [9.17, 15) is 0 Å². The molecule has 7 nitrogen and oxygen atoms in total. The third kappa shape index (κ3) is 3.45. The lowest BCUT2D eigenvalue weighted by molar-refractivity contribution is 0.214. The molecule has 1 fully saturated rings. The lowest BCUT2D eigenvalue weighted by Crippen LogP contribution is -2.35. The van der Waals surface area contributed by atoms with Crippen LogP contribution < -0.4 is 0 Å². The topological polar surface area (TPSA) is 55.0 Å². The zero-order valence-electron chi connectivity index (χ0n) is 14.6. The van der Waals surface area contributed by atoms with E-state index in [1.54, 1.807) is 0 Å². The van der Waals surface area contributed by atoms with Crippen molar-refractivity contribution in [3.8, 4) is 0 Å². The van der Waals surface area contributed by atoms with Gasteiger partial charge in [-0.3, -0.25) is 9.80 Å². The number of nitrogens with zero attached hydrogens (tertiary/aromatic N) is 7. The highest BCUT2D eigenvalue weighted by molar-refractivity contribution is 4.96. The quantitative estimate of drug-likeness (QED) is 0.797. The first-order chi connectivity index (χ1) is 11.1. The van der Waals surface area contributed by atoms with Crippen molar-refractivity contribution in [1.29, 1.82) is 0 Å². The van der Waals surface area contributed by atoms with Crippen LogP contribution in [0.4, 0.5) is 0 Å². The van der Waals surface area contributed by atoms with Crippen LogP contribution in [0.5, 0.6) is 0 Å². The first-order valence-electron chi connectivity index (χ1n) is 8.36. The fourth-order valence-electron chi connectivity index (χ4n) is 3.37. The molecule has 0 aliphatic carbocycles. The molecule has 0 radical (unpaired) electrons. The van der Waals surface area contributed by atoms with Crippen molar-refractivity contribution in [2.24, 2.45) is 7.05 Å². The fraction of sp³-hybridized carbons (Fsp3) is 0.688. The first-order valence-corrected chi connectivity index (χ1v) is 8.36. The molecular formula is C16H27N7. The summed E-state index contributed by atoms with van der Waals surface area (Å²) in [5, 5.41) is 8.54. The first kappa shape index (κ1) is 16.1. The molecule has 0 unspecified atom stereocenters. The number of imidazole rings is 1. The van der Waals surface area contributed by atoms with Crippen molar-refractivity contribution in [3.63, 3.8) is 0 Å². The Morgan fingerprint density at radius 2 is 2.13 bits per heavy atom. The Balaban J connectivity index is 1.57. The maximum absolute atomic E-state index is 4.43. The van der Waals surface area contributed by atoms with Crippen molar-refractivity contribution in [3.05, 3.63) is 29.9 Å². The van der Waals surface area contributed by atoms with Gasteiger partial charge in [0, 0.05) is 45.1 Å². The predicted molar refractivity (Wildman–Crippen MR) is 88.8 cm³/mol. The molecule has 0 bridgehead atoms. The van der Waals surface area contributed by atoms with E-state index in [-0.39, 0.29) is 0 Å². The summed E-state index contributed by atoms with van der Waals surface area (Å²) < 4.78 is 4.29. The van der Waals surface area contributed by atoms with Crippen molar-refractivity contribution >= 4 is 0 Å². The van der Waals surface area contributed by atoms with Crippen molar-refractivity contribution < 1.29 is 0 Å². The van der Waals surface area contributed by atoms with Crippen LogP contribution in [-0.4, -0.2) is 60.3 Å². The maximum atomic E-state index is 4.43. The van der Waals surface area contributed by atoms with Gasteiger partial charge < -0.3 is 9.13 Å². The number of likely N-dealkylation sites (N-methyl/N-ethyl adjacent to an activating group) is 1. The molecule has 1 aliphatic rings. The number of likely N-dealkylation sites (tertiary alicyclic amines) is 1. The van der Waals surface area contributed by atoms with Gasteiger partial charge in [0.2, 0.25) is 0 Å². The Morgan fingerprint density at radius 3 is 2.83 bits per heavy atom. The van der Waals surface area contributed by atoms with Gasteiger partial charge in [-0.05, 0) is 27.3 Å². The second-order valence-electron chi connectivity index (χ2n) is 6.45. The smallest absolute Gasteiger partial charge is 0.147 e. The molecule has 3 rings (SSSR count). The van der Waals surface area contributed by atoms with E-state index in [4.69, 9.17) is 0 Å². The van der Waals surface area contributed by atoms with Crippen molar-refractivity contribution in [1.82, 2.24) is 34.1 Å². The second kappa shape index (κ2) is 6.80. The zero-order valence-corrected chi connectivity index (χ0v) is 14.6. The number of aryl methyl sites for hydroxylation is 2. The fourth-order valence-corrected chi connectivity index (χ4v) is 3.37. The van der Waals surface area contributed by atoms with Gasteiger partial charge in [0.15, 0.2) is 0 Å². The van der Waals surface area contributed by atoms with E-state index in [0.29, 0.717) is 6.04 Å². The molecule has 3 heterocycles. The summed E-state index contributed by atoms with van der Waals surface area (Å²) in [6.07, 6.45) is 5.07. The van der Waals surface area contributed by atoms with Gasteiger partial charge in [0.1, 0.15) is 17.5 Å². The van der Waals surface area contributed by atoms with E-state index in [1.165, 1.54) is 6.42 Å². The molecule has 1 atom stereocenters.